The Kier molecular flexibility index (Phi) is 4.93. The van der Waals surface area contributed by atoms with Gasteiger partial charge in [-0.05, 0) is 32.2 Å². The topological polar surface area (TPSA) is 12.0 Å². The van der Waals surface area contributed by atoms with Gasteiger partial charge in [0.05, 0.1) is 0 Å². The van der Waals surface area contributed by atoms with Gasteiger partial charge < -0.3 is 5.32 Å². The van der Waals surface area contributed by atoms with E-state index < -0.39 is 0 Å². The van der Waals surface area contributed by atoms with E-state index in [0.29, 0.717) is 6.04 Å². The third-order valence-corrected chi connectivity index (χ3v) is 3.19. The summed E-state index contributed by atoms with van der Waals surface area (Å²) in [5.41, 5.74) is 0. The standard InChI is InChI=1S/C12H21N/c1-3-4-10-12(13-2)11-8-6-5-7-9-11/h1,11-13H,4-10H2,2H3. The molecule has 0 heterocycles. The summed E-state index contributed by atoms with van der Waals surface area (Å²) in [6.45, 7) is 0. The first-order chi connectivity index (χ1) is 6.38. The first-order valence-corrected chi connectivity index (χ1v) is 5.49. The van der Waals surface area contributed by atoms with Gasteiger partial charge in [0.25, 0.3) is 0 Å². The molecule has 1 N–H and O–H groups in total. The van der Waals surface area contributed by atoms with Crippen molar-refractivity contribution in [3.05, 3.63) is 0 Å². The number of terminal acetylenes is 1. The third-order valence-electron chi connectivity index (χ3n) is 3.19. The highest BCUT2D eigenvalue weighted by atomic mass is 14.9. The van der Waals surface area contributed by atoms with Crippen LogP contribution in [-0.4, -0.2) is 13.1 Å². The molecule has 1 fully saturated rings. The minimum atomic E-state index is 0.663. The van der Waals surface area contributed by atoms with Crippen LogP contribution in [-0.2, 0) is 0 Å². The molecule has 0 amide bonds. The lowest BCUT2D eigenvalue weighted by atomic mass is 9.82. The Hall–Kier alpha value is -0.480. The molecule has 0 bridgehead atoms. The van der Waals surface area contributed by atoms with Crippen LogP contribution in [0.4, 0.5) is 0 Å². The van der Waals surface area contributed by atoms with E-state index in [1.807, 2.05) is 0 Å². The van der Waals surface area contributed by atoms with Crippen LogP contribution in [0.25, 0.3) is 0 Å². The Balaban J connectivity index is 2.31. The van der Waals surface area contributed by atoms with Crippen molar-refractivity contribution in [1.29, 1.82) is 0 Å². The van der Waals surface area contributed by atoms with E-state index in [4.69, 9.17) is 6.42 Å². The zero-order chi connectivity index (χ0) is 9.52. The Morgan fingerprint density at radius 2 is 2.08 bits per heavy atom. The predicted octanol–water partition coefficient (Wildman–Crippen LogP) is 2.57. The molecular formula is C12H21N. The van der Waals surface area contributed by atoms with Crippen LogP contribution in [0.15, 0.2) is 0 Å². The molecule has 0 aromatic heterocycles. The largest absolute Gasteiger partial charge is 0.317 e. The van der Waals surface area contributed by atoms with Gasteiger partial charge in [-0.15, -0.1) is 12.3 Å². The SMILES string of the molecule is C#CCCC(NC)C1CCCCC1. The first-order valence-electron chi connectivity index (χ1n) is 5.49. The Morgan fingerprint density at radius 3 is 2.62 bits per heavy atom. The lowest BCUT2D eigenvalue weighted by Crippen LogP contribution is -2.34. The lowest BCUT2D eigenvalue weighted by Gasteiger charge is -2.29. The van der Waals surface area contributed by atoms with Crippen LogP contribution < -0.4 is 5.32 Å². The van der Waals surface area contributed by atoms with Gasteiger partial charge in [0.1, 0.15) is 0 Å². The Bertz CT molecular complexity index is 162. The fourth-order valence-corrected chi connectivity index (χ4v) is 2.39. The van der Waals surface area contributed by atoms with Crippen LogP contribution in [0.2, 0.25) is 0 Å². The maximum atomic E-state index is 5.28. The first kappa shape index (κ1) is 10.6. The Labute approximate surface area is 82.3 Å². The molecule has 0 saturated heterocycles. The highest BCUT2D eigenvalue weighted by Gasteiger charge is 2.21. The normalized spacial score (nSPS) is 20.9. The van der Waals surface area contributed by atoms with Crippen molar-refractivity contribution in [2.45, 2.75) is 51.0 Å². The quantitative estimate of drug-likeness (QED) is 0.654. The Morgan fingerprint density at radius 1 is 1.38 bits per heavy atom. The van der Waals surface area contributed by atoms with Gasteiger partial charge in [0.2, 0.25) is 0 Å². The van der Waals surface area contributed by atoms with Crippen molar-refractivity contribution in [1.82, 2.24) is 5.32 Å². The van der Waals surface area contributed by atoms with E-state index in [2.05, 4.69) is 18.3 Å². The number of hydrogen-bond acceptors (Lipinski definition) is 1. The second-order valence-corrected chi connectivity index (χ2v) is 4.04. The van der Waals surface area contributed by atoms with Crippen LogP contribution in [0.5, 0.6) is 0 Å². The van der Waals surface area contributed by atoms with Crippen LogP contribution in [0, 0.1) is 18.3 Å². The molecule has 1 aliphatic carbocycles. The van der Waals surface area contributed by atoms with Crippen molar-refractivity contribution in [2.75, 3.05) is 7.05 Å². The van der Waals surface area contributed by atoms with Crippen molar-refractivity contribution in [3.8, 4) is 12.3 Å². The second-order valence-electron chi connectivity index (χ2n) is 4.04. The highest BCUT2D eigenvalue weighted by Crippen LogP contribution is 2.27. The summed E-state index contributed by atoms with van der Waals surface area (Å²) >= 11 is 0. The average molecular weight is 179 g/mol. The summed E-state index contributed by atoms with van der Waals surface area (Å²) in [4.78, 5) is 0. The van der Waals surface area contributed by atoms with E-state index in [1.54, 1.807) is 0 Å². The minimum Gasteiger partial charge on any atom is -0.317 e. The van der Waals surface area contributed by atoms with Crippen molar-refractivity contribution in [3.63, 3.8) is 0 Å². The number of hydrogen-bond donors (Lipinski definition) is 1. The lowest BCUT2D eigenvalue weighted by molar-refractivity contribution is 0.269. The van der Waals surface area contributed by atoms with Crippen molar-refractivity contribution < 1.29 is 0 Å². The highest BCUT2D eigenvalue weighted by molar-refractivity contribution is 4.87. The molecule has 0 radical (unpaired) electrons. The molecule has 74 valence electrons. The van der Waals surface area contributed by atoms with E-state index in [0.717, 1.165) is 18.8 Å². The molecule has 1 unspecified atom stereocenters. The van der Waals surface area contributed by atoms with Gasteiger partial charge in [-0.3, -0.25) is 0 Å². The fourth-order valence-electron chi connectivity index (χ4n) is 2.39. The van der Waals surface area contributed by atoms with Crippen molar-refractivity contribution in [2.24, 2.45) is 5.92 Å². The van der Waals surface area contributed by atoms with Crippen LogP contribution in [0.3, 0.4) is 0 Å². The molecule has 0 aliphatic heterocycles. The fraction of sp³-hybridized carbons (Fsp3) is 0.833. The molecule has 0 spiro atoms. The van der Waals surface area contributed by atoms with Gasteiger partial charge >= 0.3 is 0 Å². The predicted molar refractivity (Wildman–Crippen MR) is 57.5 cm³/mol. The van der Waals surface area contributed by atoms with Crippen LogP contribution in [0.1, 0.15) is 44.9 Å². The maximum absolute atomic E-state index is 5.28. The van der Waals surface area contributed by atoms with Crippen molar-refractivity contribution >= 4 is 0 Å². The average Bonchev–Trinajstić information content (AvgIpc) is 2.21. The molecule has 1 aliphatic rings. The van der Waals surface area contributed by atoms with Gasteiger partial charge in [-0.1, -0.05) is 19.3 Å². The zero-order valence-corrected chi connectivity index (χ0v) is 8.68. The van der Waals surface area contributed by atoms with Gasteiger partial charge in [-0.25, -0.2) is 0 Å². The van der Waals surface area contributed by atoms with E-state index in [9.17, 15) is 0 Å². The number of rotatable bonds is 4. The molecule has 1 heteroatoms. The summed E-state index contributed by atoms with van der Waals surface area (Å²) in [5, 5.41) is 3.41. The molecule has 1 atom stereocenters. The molecule has 0 aromatic carbocycles. The summed E-state index contributed by atoms with van der Waals surface area (Å²) in [6, 6.07) is 0.663. The number of nitrogens with one attached hydrogen (secondary N) is 1. The van der Waals surface area contributed by atoms with Gasteiger partial charge in [0.15, 0.2) is 0 Å². The molecule has 1 nitrogen and oxygen atoms in total. The minimum absolute atomic E-state index is 0.663. The summed E-state index contributed by atoms with van der Waals surface area (Å²) < 4.78 is 0. The summed E-state index contributed by atoms with van der Waals surface area (Å²) in [6.07, 6.45) is 14.4. The van der Waals surface area contributed by atoms with E-state index >= 15 is 0 Å². The van der Waals surface area contributed by atoms with E-state index in [-0.39, 0.29) is 0 Å². The zero-order valence-electron chi connectivity index (χ0n) is 8.68. The van der Waals surface area contributed by atoms with Gasteiger partial charge in [0, 0.05) is 12.5 Å². The summed E-state index contributed by atoms with van der Waals surface area (Å²) in [5.74, 6) is 3.61. The molecule has 1 rings (SSSR count). The van der Waals surface area contributed by atoms with Gasteiger partial charge in [-0.2, -0.15) is 0 Å². The summed E-state index contributed by atoms with van der Waals surface area (Å²) in [7, 11) is 2.07. The maximum Gasteiger partial charge on any atom is 0.0101 e. The third kappa shape index (κ3) is 3.40. The molecular weight excluding hydrogens is 158 g/mol. The molecule has 13 heavy (non-hydrogen) atoms. The van der Waals surface area contributed by atoms with Crippen LogP contribution >= 0.6 is 0 Å². The second kappa shape index (κ2) is 6.05. The van der Waals surface area contributed by atoms with E-state index in [1.165, 1.54) is 32.1 Å². The monoisotopic (exact) mass is 179 g/mol. The molecule has 1 saturated carbocycles. The molecule has 0 aromatic rings. The smallest absolute Gasteiger partial charge is 0.0101 e.